The summed E-state index contributed by atoms with van der Waals surface area (Å²) in [5.41, 5.74) is 1.33. The number of hydrogen-bond donors (Lipinski definition) is 1. The van der Waals surface area contributed by atoms with E-state index in [0.717, 1.165) is 37.9 Å². The van der Waals surface area contributed by atoms with Crippen LogP contribution < -0.4 is 5.32 Å². The number of fused-ring (bicyclic) bond motifs is 1. The van der Waals surface area contributed by atoms with Gasteiger partial charge < -0.3 is 10.2 Å². The van der Waals surface area contributed by atoms with Gasteiger partial charge in [0.15, 0.2) is 0 Å². The highest BCUT2D eigenvalue weighted by atomic mass is 32.2. The molecule has 7 nitrogen and oxygen atoms in total. The summed E-state index contributed by atoms with van der Waals surface area (Å²) >= 11 is 1.66. The van der Waals surface area contributed by atoms with Crippen LogP contribution in [0.4, 0.5) is 0 Å². The number of nitrogens with zero attached hydrogens (tertiary/aromatic N) is 2. The van der Waals surface area contributed by atoms with E-state index in [4.69, 9.17) is 0 Å². The summed E-state index contributed by atoms with van der Waals surface area (Å²) in [5.74, 6) is -0.323. The van der Waals surface area contributed by atoms with E-state index in [1.807, 2.05) is 16.3 Å². The number of sulfonamides is 1. The maximum absolute atomic E-state index is 13.1. The first-order chi connectivity index (χ1) is 14.9. The van der Waals surface area contributed by atoms with Crippen molar-refractivity contribution < 1.29 is 18.0 Å². The highest BCUT2D eigenvalue weighted by Crippen LogP contribution is 2.28. The van der Waals surface area contributed by atoms with Crippen LogP contribution in [0.2, 0.25) is 0 Å². The van der Waals surface area contributed by atoms with Crippen molar-refractivity contribution in [2.45, 2.75) is 43.5 Å². The number of carbonyl (C=O) groups is 2. The Bertz CT molecular complexity index is 1060. The number of carbonyl (C=O) groups excluding carboxylic acids is 2. The van der Waals surface area contributed by atoms with Crippen molar-refractivity contribution in [3.05, 3.63) is 51.7 Å². The molecule has 2 aromatic rings. The molecule has 166 valence electrons. The van der Waals surface area contributed by atoms with Crippen molar-refractivity contribution in [2.75, 3.05) is 26.2 Å². The average molecular weight is 462 g/mol. The van der Waals surface area contributed by atoms with Gasteiger partial charge in [-0.1, -0.05) is 6.07 Å². The Labute approximate surface area is 187 Å². The van der Waals surface area contributed by atoms with E-state index in [2.05, 4.69) is 5.32 Å². The van der Waals surface area contributed by atoms with Gasteiger partial charge in [-0.15, -0.1) is 11.3 Å². The molecule has 1 aromatic heterocycles. The van der Waals surface area contributed by atoms with Gasteiger partial charge in [-0.25, -0.2) is 8.42 Å². The second-order valence-corrected chi connectivity index (χ2v) is 10.9. The van der Waals surface area contributed by atoms with E-state index in [1.54, 1.807) is 23.5 Å². The average Bonchev–Trinajstić information content (AvgIpc) is 3.27. The SMILES string of the molecule is O=C(NCCC(=O)N1CCCCC1)c1cccc(S(=O)(=O)N2CCc3sccc3C2)c1. The number of amides is 2. The standard InChI is InChI=1S/C22H27N3O4S2/c26-21(24-11-2-1-3-12-24)7-10-23-22(27)17-5-4-6-19(15-17)31(28,29)25-13-8-20-18(16-25)9-14-30-20/h4-6,9,14-15H,1-3,7-8,10-13,16H2,(H,23,27). The molecule has 0 bridgehead atoms. The first kappa shape index (κ1) is 22.0. The summed E-state index contributed by atoms with van der Waals surface area (Å²) in [4.78, 5) is 28.0. The maximum Gasteiger partial charge on any atom is 0.251 e. The van der Waals surface area contributed by atoms with E-state index in [1.165, 1.54) is 21.3 Å². The van der Waals surface area contributed by atoms with Gasteiger partial charge in [0.1, 0.15) is 0 Å². The van der Waals surface area contributed by atoms with Crippen LogP contribution in [-0.2, 0) is 27.8 Å². The Morgan fingerprint density at radius 2 is 1.87 bits per heavy atom. The fourth-order valence-corrected chi connectivity index (χ4v) is 6.42. The molecule has 2 aliphatic heterocycles. The minimum atomic E-state index is -3.69. The maximum atomic E-state index is 13.1. The highest BCUT2D eigenvalue weighted by molar-refractivity contribution is 7.89. The summed E-state index contributed by atoms with van der Waals surface area (Å²) < 4.78 is 27.7. The second kappa shape index (κ2) is 9.50. The van der Waals surface area contributed by atoms with Crippen LogP contribution in [0.5, 0.6) is 0 Å². The van der Waals surface area contributed by atoms with Crippen molar-refractivity contribution in [1.82, 2.24) is 14.5 Å². The fraction of sp³-hybridized carbons (Fsp3) is 0.455. The third-order valence-electron chi connectivity index (χ3n) is 5.84. The van der Waals surface area contributed by atoms with Crippen molar-refractivity contribution in [3.8, 4) is 0 Å². The summed E-state index contributed by atoms with van der Waals surface area (Å²) in [5, 5.41) is 4.73. The van der Waals surface area contributed by atoms with Crippen LogP contribution >= 0.6 is 11.3 Å². The van der Waals surface area contributed by atoms with E-state index in [0.29, 0.717) is 19.5 Å². The molecule has 31 heavy (non-hydrogen) atoms. The Morgan fingerprint density at radius 1 is 1.06 bits per heavy atom. The number of piperidine rings is 1. The molecule has 4 rings (SSSR count). The van der Waals surface area contributed by atoms with Gasteiger partial charge in [-0.05, 0) is 60.9 Å². The number of likely N-dealkylation sites (tertiary alicyclic amines) is 1. The molecule has 1 N–H and O–H groups in total. The monoisotopic (exact) mass is 461 g/mol. The first-order valence-corrected chi connectivity index (χ1v) is 13.0. The third-order valence-corrected chi connectivity index (χ3v) is 8.70. The highest BCUT2D eigenvalue weighted by Gasteiger charge is 2.29. The fourth-order valence-electron chi connectivity index (χ4n) is 4.06. The lowest BCUT2D eigenvalue weighted by Crippen LogP contribution is -2.38. The van der Waals surface area contributed by atoms with Gasteiger partial charge in [0.2, 0.25) is 15.9 Å². The predicted molar refractivity (Wildman–Crippen MR) is 119 cm³/mol. The number of hydrogen-bond acceptors (Lipinski definition) is 5. The number of benzene rings is 1. The lowest BCUT2D eigenvalue weighted by molar-refractivity contribution is -0.131. The van der Waals surface area contributed by atoms with Crippen molar-refractivity contribution in [2.24, 2.45) is 0 Å². The van der Waals surface area contributed by atoms with Crippen molar-refractivity contribution in [3.63, 3.8) is 0 Å². The van der Waals surface area contributed by atoms with Crippen LogP contribution in [0.15, 0.2) is 40.6 Å². The summed E-state index contributed by atoms with van der Waals surface area (Å²) in [6.07, 6.45) is 4.18. The first-order valence-electron chi connectivity index (χ1n) is 10.7. The van der Waals surface area contributed by atoms with Crippen molar-refractivity contribution >= 4 is 33.2 Å². The van der Waals surface area contributed by atoms with E-state index >= 15 is 0 Å². The largest absolute Gasteiger partial charge is 0.352 e. The Kier molecular flexibility index (Phi) is 6.74. The van der Waals surface area contributed by atoms with Crippen LogP contribution in [0, 0.1) is 0 Å². The normalized spacial score (nSPS) is 17.2. The van der Waals surface area contributed by atoms with Crippen LogP contribution in [0.3, 0.4) is 0 Å². The lowest BCUT2D eigenvalue weighted by Gasteiger charge is -2.26. The summed E-state index contributed by atoms with van der Waals surface area (Å²) in [6.45, 7) is 2.60. The van der Waals surface area contributed by atoms with E-state index in [-0.39, 0.29) is 35.2 Å². The molecule has 0 unspecified atom stereocenters. The minimum absolute atomic E-state index is 0.0502. The molecule has 0 atom stereocenters. The molecule has 0 saturated carbocycles. The van der Waals surface area contributed by atoms with Crippen LogP contribution in [0.25, 0.3) is 0 Å². The second-order valence-electron chi connectivity index (χ2n) is 7.93. The van der Waals surface area contributed by atoms with Gasteiger partial charge in [0, 0.05) is 49.6 Å². The molecule has 1 saturated heterocycles. The molecule has 0 aliphatic carbocycles. The zero-order chi connectivity index (χ0) is 21.8. The van der Waals surface area contributed by atoms with E-state index in [9.17, 15) is 18.0 Å². The van der Waals surface area contributed by atoms with Gasteiger partial charge in [0.25, 0.3) is 5.91 Å². The number of thiophene rings is 1. The van der Waals surface area contributed by atoms with Gasteiger partial charge in [-0.2, -0.15) is 4.31 Å². The van der Waals surface area contributed by atoms with Gasteiger partial charge in [0.05, 0.1) is 4.90 Å². The third kappa shape index (κ3) is 4.99. The quantitative estimate of drug-likeness (QED) is 0.717. The topological polar surface area (TPSA) is 86.8 Å². The molecule has 2 amide bonds. The predicted octanol–water partition coefficient (Wildman–Crippen LogP) is 2.63. The molecule has 0 radical (unpaired) electrons. The molecule has 9 heteroatoms. The smallest absolute Gasteiger partial charge is 0.251 e. The molecule has 0 spiro atoms. The lowest BCUT2D eigenvalue weighted by atomic mass is 10.1. The van der Waals surface area contributed by atoms with Gasteiger partial charge >= 0.3 is 0 Å². The molecule has 1 aromatic carbocycles. The van der Waals surface area contributed by atoms with Gasteiger partial charge in [-0.3, -0.25) is 9.59 Å². The van der Waals surface area contributed by atoms with Crippen LogP contribution in [0.1, 0.15) is 46.5 Å². The van der Waals surface area contributed by atoms with Crippen LogP contribution in [-0.4, -0.2) is 55.6 Å². The molecule has 2 aliphatic rings. The zero-order valence-electron chi connectivity index (χ0n) is 17.4. The summed E-state index contributed by atoms with van der Waals surface area (Å²) in [7, 11) is -3.69. The Hall–Kier alpha value is -2.23. The minimum Gasteiger partial charge on any atom is -0.352 e. The Morgan fingerprint density at radius 3 is 2.68 bits per heavy atom. The number of nitrogens with one attached hydrogen (secondary N) is 1. The number of rotatable bonds is 6. The molecular weight excluding hydrogens is 434 g/mol. The molecular formula is C22H27N3O4S2. The van der Waals surface area contributed by atoms with Crippen molar-refractivity contribution in [1.29, 1.82) is 0 Å². The molecule has 1 fully saturated rings. The Balaban J connectivity index is 1.37. The van der Waals surface area contributed by atoms with E-state index < -0.39 is 10.0 Å². The molecule has 3 heterocycles. The summed E-state index contributed by atoms with van der Waals surface area (Å²) in [6, 6.07) is 8.08. The zero-order valence-corrected chi connectivity index (χ0v) is 19.0.